The first-order valence-electron chi connectivity index (χ1n) is 5.80. The van der Waals surface area contributed by atoms with E-state index in [1.54, 1.807) is 12.1 Å². The maximum absolute atomic E-state index is 13.6. The van der Waals surface area contributed by atoms with Gasteiger partial charge in [0.15, 0.2) is 0 Å². The molecule has 2 rings (SSSR count). The highest BCUT2D eigenvalue weighted by Crippen LogP contribution is 2.28. The molecule has 0 unspecified atom stereocenters. The molecule has 2 N–H and O–H groups in total. The molecule has 2 aromatic carbocycles. The Balaban J connectivity index is 2.13. The zero-order chi connectivity index (χ0) is 13.1. The summed E-state index contributed by atoms with van der Waals surface area (Å²) in [6.45, 7) is 4.14. The SMILES string of the molecule is Cc1ccc(C)c(CSc2ccc(N)cc2F)c1. The molecule has 1 nitrogen and oxygen atoms in total. The van der Waals surface area contributed by atoms with Crippen molar-refractivity contribution in [3.63, 3.8) is 0 Å². The summed E-state index contributed by atoms with van der Waals surface area (Å²) in [4.78, 5) is 0.644. The summed E-state index contributed by atoms with van der Waals surface area (Å²) < 4.78 is 13.6. The standard InChI is InChI=1S/C15H16FNS/c1-10-3-4-11(2)12(7-10)9-18-15-6-5-13(17)8-14(15)16/h3-8H,9,17H2,1-2H3. The fraction of sp³-hybridized carbons (Fsp3) is 0.200. The van der Waals surface area contributed by atoms with Gasteiger partial charge in [-0.3, -0.25) is 0 Å². The zero-order valence-corrected chi connectivity index (χ0v) is 11.4. The summed E-state index contributed by atoms with van der Waals surface area (Å²) in [5.41, 5.74) is 9.71. The average Bonchev–Trinajstić information content (AvgIpc) is 2.32. The minimum Gasteiger partial charge on any atom is -0.399 e. The van der Waals surface area contributed by atoms with E-state index in [2.05, 4.69) is 32.0 Å². The minimum absolute atomic E-state index is 0.245. The molecule has 0 saturated carbocycles. The molecule has 0 aromatic heterocycles. The van der Waals surface area contributed by atoms with Gasteiger partial charge in [-0.1, -0.05) is 23.8 Å². The highest BCUT2D eigenvalue weighted by molar-refractivity contribution is 7.98. The lowest BCUT2D eigenvalue weighted by Crippen LogP contribution is -1.91. The van der Waals surface area contributed by atoms with Crippen LogP contribution in [-0.4, -0.2) is 0 Å². The summed E-state index contributed by atoms with van der Waals surface area (Å²) in [7, 11) is 0. The second-order valence-electron chi connectivity index (χ2n) is 4.41. The summed E-state index contributed by atoms with van der Waals surface area (Å²) in [6.07, 6.45) is 0. The molecular formula is C15H16FNS. The molecule has 0 aliphatic carbocycles. The van der Waals surface area contributed by atoms with Crippen molar-refractivity contribution in [2.75, 3.05) is 5.73 Å². The summed E-state index contributed by atoms with van der Waals surface area (Å²) >= 11 is 1.50. The van der Waals surface area contributed by atoms with Crippen LogP contribution in [0.25, 0.3) is 0 Å². The van der Waals surface area contributed by atoms with Gasteiger partial charge in [-0.15, -0.1) is 11.8 Å². The number of benzene rings is 2. The van der Waals surface area contributed by atoms with Gasteiger partial charge in [-0.25, -0.2) is 4.39 Å². The fourth-order valence-corrected chi connectivity index (χ4v) is 2.73. The van der Waals surface area contributed by atoms with E-state index in [9.17, 15) is 4.39 Å². The number of hydrogen-bond donors (Lipinski definition) is 1. The first-order valence-corrected chi connectivity index (χ1v) is 6.79. The maximum atomic E-state index is 13.6. The molecule has 0 fully saturated rings. The van der Waals surface area contributed by atoms with E-state index in [1.807, 2.05) is 0 Å². The highest BCUT2D eigenvalue weighted by Gasteiger charge is 2.05. The van der Waals surface area contributed by atoms with Crippen molar-refractivity contribution in [2.45, 2.75) is 24.5 Å². The van der Waals surface area contributed by atoms with Gasteiger partial charge in [0.25, 0.3) is 0 Å². The molecule has 0 aliphatic rings. The van der Waals surface area contributed by atoms with E-state index in [-0.39, 0.29) is 5.82 Å². The van der Waals surface area contributed by atoms with Gasteiger partial charge >= 0.3 is 0 Å². The van der Waals surface area contributed by atoms with E-state index >= 15 is 0 Å². The van der Waals surface area contributed by atoms with Gasteiger partial charge in [0.1, 0.15) is 5.82 Å². The second-order valence-corrected chi connectivity index (χ2v) is 5.43. The van der Waals surface area contributed by atoms with Crippen LogP contribution in [-0.2, 0) is 5.75 Å². The van der Waals surface area contributed by atoms with E-state index in [1.165, 1.54) is 34.5 Å². The van der Waals surface area contributed by atoms with Crippen molar-refractivity contribution < 1.29 is 4.39 Å². The second kappa shape index (κ2) is 5.44. The number of hydrogen-bond acceptors (Lipinski definition) is 2. The molecule has 18 heavy (non-hydrogen) atoms. The molecule has 0 saturated heterocycles. The van der Waals surface area contributed by atoms with Crippen molar-refractivity contribution in [1.29, 1.82) is 0 Å². The van der Waals surface area contributed by atoms with Crippen LogP contribution in [0.3, 0.4) is 0 Å². The third-order valence-corrected chi connectivity index (χ3v) is 3.94. The monoisotopic (exact) mass is 261 g/mol. The molecule has 94 valence electrons. The van der Waals surface area contributed by atoms with Gasteiger partial charge < -0.3 is 5.73 Å². The Bertz CT molecular complexity index is 566. The van der Waals surface area contributed by atoms with Crippen molar-refractivity contribution >= 4 is 17.4 Å². The number of anilines is 1. The summed E-state index contributed by atoms with van der Waals surface area (Å²) in [5, 5.41) is 0. The van der Waals surface area contributed by atoms with Gasteiger partial charge in [0.05, 0.1) is 0 Å². The summed E-state index contributed by atoms with van der Waals surface area (Å²) in [6, 6.07) is 11.2. The van der Waals surface area contributed by atoms with Crippen LogP contribution in [0.15, 0.2) is 41.3 Å². The Hall–Kier alpha value is -1.48. The first kappa shape index (κ1) is 13.0. The number of nitrogen functional groups attached to an aromatic ring is 1. The van der Waals surface area contributed by atoms with Crippen LogP contribution >= 0.6 is 11.8 Å². The van der Waals surface area contributed by atoms with Crippen molar-refractivity contribution in [2.24, 2.45) is 0 Å². The lowest BCUT2D eigenvalue weighted by molar-refractivity contribution is 0.603. The Morgan fingerprint density at radius 1 is 1.11 bits per heavy atom. The number of aryl methyl sites for hydroxylation is 2. The quantitative estimate of drug-likeness (QED) is 0.658. The molecule has 0 heterocycles. The predicted molar refractivity (Wildman–Crippen MR) is 76.3 cm³/mol. The third-order valence-electron chi connectivity index (χ3n) is 2.84. The zero-order valence-electron chi connectivity index (χ0n) is 10.5. The number of halogens is 1. The smallest absolute Gasteiger partial charge is 0.138 e. The number of rotatable bonds is 3. The Labute approximate surface area is 111 Å². The largest absolute Gasteiger partial charge is 0.399 e. The molecule has 2 aromatic rings. The molecule has 0 spiro atoms. The van der Waals surface area contributed by atoms with Crippen molar-refractivity contribution in [3.8, 4) is 0 Å². The average molecular weight is 261 g/mol. The third kappa shape index (κ3) is 3.05. The lowest BCUT2D eigenvalue weighted by Gasteiger charge is -2.08. The maximum Gasteiger partial charge on any atom is 0.138 e. The van der Waals surface area contributed by atoms with E-state index in [4.69, 9.17) is 5.73 Å². The highest BCUT2D eigenvalue weighted by atomic mass is 32.2. The molecule has 0 bridgehead atoms. The molecule has 0 atom stereocenters. The van der Waals surface area contributed by atoms with Gasteiger partial charge in [0.2, 0.25) is 0 Å². The Kier molecular flexibility index (Phi) is 3.92. The molecular weight excluding hydrogens is 245 g/mol. The topological polar surface area (TPSA) is 26.0 Å². The molecule has 0 aliphatic heterocycles. The van der Waals surface area contributed by atoms with Crippen LogP contribution in [0.4, 0.5) is 10.1 Å². The fourth-order valence-electron chi connectivity index (χ4n) is 1.75. The summed E-state index contributed by atoms with van der Waals surface area (Å²) in [5.74, 6) is 0.527. The number of thioether (sulfide) groups is 1. The Morgan fingerprint density at radius 3 is 2.61 bits per heavy atom. The van der Waals surface area contributed by atoms with Crippen molar-refractivity contribution in [3.05, 3.63) is 58.9 Å². The van der Waals surface area contributed by atoms with Crippen molar-refractivity contribution in [1.82, 2.24) is 0 Å². The van der Waals surface area contributed by atoms with Gasteiger partial charge in [0, 0.05) is 16.3 Å². The van der Waals surface area contributed by atoms with Crippen LogP contribution in [0.2, 0.25) is 0 Å². The number of nitrogens with two attached hydrogens (primary N) is 1. The minimum atomic E-state index is -0.245. The van der Waals surface area contributed by atoms with E-state index in [0.717, 1.165) is 5.75 Å². The van der Waals surface area contributed by atoms with E-state index in [0.29, 0.717) is 10.6 Å². The molecule has 0 amide bonds. The molecule has 3 heteroatoms. The van der Waals surface area contributed by atoms with E-state index < -0.39 is 0 Å². The first-order chi connectivity index (χ1) is 8.56. The van der Waals surface area contributed by atoms with Crippen LogP contribution in [0, 0.1) is 19.7 Å². The van der Waals surface area contributed by atoms with Crippen LogP contribution in [0.1, 0.15) is 16.7 Å². The van der Waals surface area contributed by atoms with Crippen LogP contribution < -0.4 is 5.73 Å². The van der Waals surface area contributed by atoms with Crippen LogP contribution in [0.5, 0.6) is 0 Å². The van der Waals surface area contributed by atoms with Gasteiger partial charge in [-0.2, -0.15) is 0 Å². The normalized spacial score (nSPS) is 10.6. The predicted octanol–water partition coefficient (Wildman–Crippen LogP) is 4.32. The van der Waals surface area contributed by atoms with Gasteiger partial charge in [-0.05, 0) is 43.2 Å². The lowest BCUT2D eigenvalue weighted by atomic mass is 10.1. The molecule has 0 radical (unpaired) electrons. The Morgan fingerprint density at radius 2 is 1.89 bits per heavy atom.